The molecule has 2 N–H and O–H groups in total. The van der Waals surface area contributed by atoms with E-state index in [4.69, 9.17) is 5.73 Å². The van der Waals surface area contributed by atoms with Crippen LogP contribution in [0.25, 0.3) is 0 Å². The molecule has 80 valence electrons. The van der Waals surface area contributed by atoms with Crippen LogP contribution in [-0.4, -0.2) is 18.6 Å². The Bertz CT molecular complexity index is 247. The minimum Gasteiger partial charge on any atom is -0.466 e. The van der Waals surface area contributed by atoms with Crippen molar-refractivity contribution in [3.05, 3.63) is 24.3 Å². The summed E-state index contributed by atoms with van der Waals surface area (Å²) in [6.45, 7) is 5.02. The van der Waals surface area contributed by atoms with Crippen LogP contribution in [0.15, 0.2) is 24.3 Å². The number of carbonyl (C=O) groups is 1. The summed E-state index contributed by atoms with van der Waals surface area (Å²) >= 11 is 0. The van der Waals surface area contributed by atoms with Crippen molar-refractivity contribution >= 4 is 5.97 Å². The number of esters is 1. The Morgan fingerprint density at radius 3 is 2.57 bits per heavy atom. The van der Waals surface area contributed by atoms with E-state index in [1.165, 1.54) is 0 Å². The Morgan fingerprint density at radius 2 is 2.21 bits per heavy atom. The second-order valence-corrected chi connectivity index (χ2v) is 2.54. The molecule has 0 aromatic carbocycles. The van der Waals surface area contributed by atoms with E-state index < -0.39 is 23.7 Å². The lowest BCUT2D eigenvalue weighted by atomic mass is 10.1. The van der Waals surface area contributed by atoms with E-state index in [0.717, 1.165) is 6.08 Å². The maximum Gasteiger partial charge on any atom is 0.307 e. The van der Waals surface area contributed by atoms with Crippen molar-refractivity contribution in [3.8, 4) is 0 Å². The molecular weight excluding hydrogens is 192 g/mol. The van der Waals surface area contributed by atoms with Crippen molar-refractivity contribution in [1.29, 1.82) is 0 Å². The van der Waals surface area contributed by atoms with E-state index in [1.54, 1.807) is 6.92 Å². The number of halogens is 2. The molecule has 0 rings (SSSR count). The van der Waals surface area contributed by atoms with Crippen LogP contribution in [0.3, 0.4) is 0 Å². The smallest absolute Gasteiger partial charge is 0.307 e. The van der Waals surface area contributed by atoms with Crippen LogP contribution in [0.5, 0.6) is 0 Å². The Balaban J connectivity index is 4.33. The molecule has 0 fully saturated rings. The molecule has 0 saturated carbocycles. The molecule has 0 radical (unpaired) electrons. The molecule has 3 nitrogen and oxygen atoms in total. The molecule has 5 heteroatoms. The topological polar surface area (TPSA) is 52.3 Å². The lowest BCUT2D eigenvalue weighted by Crippen LogP contribution is -2.26. The molecule has 0 bridgehead atoms. The summed E-state index contributed by atoms with van der Waals surface area (Å²) < 4.78 is 28.9. The van der Waals surface area contributed by atoms with Gasteiger partial charge >= 0.3 is 5.97 Å². The van der Waals surface area contributed by atoms with E-state index in [0.29, 0.717) is 0 Å². The summed E-state index contributed by atoms with van der Waals surface area (Å²) in [5, 5.41) is 0. The van der Waals surface area contributed by atoms with Gasteiger partial charge in [-0.3, -0.25) is 4.79 Å². The minimum absolute atomic E-state index is 0.205. The lowest BCUT2D eigenvalue weighted by Gasteiger charge is -2.10. The highest BCUT2D eigenvalue weighted by molar-refractivity contribution is 5.70. The van der Waals surface area contributed by atoms with Gasteiger partial charge in [-0.25, -0.2) is 0 Å². The number of hydrogen-bond acceptors (Lipinski definition) is 3. The molecule has 0 unspecified atom stereocenters. The van der Waals surface area contributed by atoms with Gasteiger partial charge in [0, 0.05) is 11.6 Å². The number of ether oxygens (including phenoxy) is 1. The summed E-state index contributed by atoms with van der Waals surface area (Å²) in [6.07, 6.45) is -1.25. The second-order valence-electron chi connectivity index (χ2n) is 2.54. The monoisotopic (exact) mass is 205 g/mol. The minimum atomic E-state index is -1.92. The molecule has 0 aliphatic carbocycles. The molecular formula is C9H13F2NO2. The predicted octanol–water partition coefficient (Wildman–Crippen LogP) is 1.60. The van der Waals surface area contributed by atoms with Gasteiger partial charge in [0.2, 0.25) is 0 Å². The zero-order valence-corrected chi connectivity index (χ0v) is 7.93. The van der Waals surface area contributed by atoms with Crippen LogP contribution >= 0.6 is 0 Å². The second kappa shape index (κ2) is 6.26. The first-order valence-corrected chi connectivity index (χ1v) is 4.11. The Hall–Kier alpha value is -1.23. The van der Waals surface area contributed by atoms with Gasteiger partial charge < -0.3 is 10.5 Å². The number of carbonyl (C=O) groups excluding carboxylic acids is 1. The Morgan fingerprint density at radius 1 is 1.64 bits per heavy atom. The molecule has 0 aromatic rings. The quantitative estimate of drug-likeness (QED) is 0.548. The van der Waals surface area contributed by atoms with Gasteiger partial charge in [-0.2, -0.15) is 8.78 Å². The first-order chi connectivity index (χ1) is 6.52. The zero-order chi connectivity index (χ0) is 11.1. The van der Waals surface area contributed by atoms with E-state index in [1.807, 2.05) is 0 Å². The van der Waals surface area contributed by atoms with E-state index in [2.05, 4.69) is 11.3 Å². The third-order valence-electron chi connectivity index (χ3n) is 1.53. The van der Waals surface area contributed by atoms with Crippen molar-refractivity contribution in [1.82, 2.24) is 0 Å². The first kappa shape index (κ1) is 12.8. The highest BCUT2D eigenvalue weighted by Crippen LogP contribution is 2.14. The standard InChI is InChI=1S/C9H13F2NO2/c1-3-6(9(10)11)7(12)5-8(13)14-4-2/h3,7H,1,4-5,12H2,2H3/t7-/m0/s1. The molecule has 0 amide bonds. The molecule has 0 heterocycles. The Kier molecular flexibility index (Phi) is 5.71. The summed E-state index contributed by atoms with van der Waals surface area (Å²) in [5.41, 5.74) is 4.93. The van der Waals surface area contributed by atoms with Crippen molar-refractivity contribution in [2.24, 2.45) is 5.73 Å². The van der Waals surface area contributed by atoms with Crippen molar-refractivity contribution < 1.29 is 18.3 Å². The maximum absolute atomic E-state index is 12.2. The van der Waals surface area contributed by atoms with Crippen LogP contribution in [0.2, 0.25) is 0 Å². The van der Waals surface area contributed by atoms with Crippen molar-refractivity contribution in [2.75, 3.05) is 6.61 Å². The van der Waals surface area contributed by atoms with Gasteiger partial charge in [0.25, 0.3) is 6.08 Å². The fourth-order valence-corrected chi connectivity index (χ4v) is 0.878. The summed E-state index contributed by atoms with van der Waals surface area (Å²) in [6, 6.07) is -1.06. The molecule has 0 saturated heterocycles. The van der Waals surface area contributed by atoms with Gasteiger partial charge in [0.15, 0.2) is 0 Å². The van der Waals surface area contributed by atoms with E-state index in [9.17, 15) is 13.6 Å². The normalized spacial score (nSPS) is 11.7. The summed E-state index contributed by atoms with van der Waals surface area (Å²) in [4.78, 5) is 10.9. The fourth-order valence-electron chi connectivity index (χ4n) is 0.878. The van der Waals surface area contributed by atoms with Gasteiger partial charge in [-0.05, 0) is 6.92 Å². The lowest BCUT2D eigenvalue weighted by molar-refractivity contribution is -0.143. The number of nitrogens with two attached hydrogens (primary N) is 1. The van der Waals surface area contributed by atoms with Gasteiger partial charge in [-0.15, -0.1) is 0 Å². The largest absolute Gasteiger partial charge is 0.466 e. The number of rotatable bonds is 5. The molecule has 0 aliphatic rings. The molecule has 14 heavy (non-hydrogen) atoms. The third kappa shape index (κ3) is 4.13. The van der Waals surface area contributed by atoms with Crippen LogP contribution < -0.4 is 5.73 Å². The Labute approximate surface area is 81.2 Å². The van der Waals surface area contributed by atoms with E-state index in [-0.39, 0.29) is 13.0 Å². The van der Waals surface area contributed by atoms with Crippen LogP contribution in [-0.2, 0) is 9.53 Å². The fraction of sp³-hybridized carbons (Fsp3) is 0.444. The van der Waals surface area contributed by atoms with Crippen molar-refractivity contribution in [3.63, 3.8) is 0 Å². The molecule has 1 atom stereocenters. The average Bonchev–Trinajstić information content (AvgIpc) is 2.04. The van der Waals surface area contributed by atoms with Gasteiger partial charge in [0.05, 0.1) is 13.0 Å². The maximum atomic E-state index is 12.2. The molecule has 0 aliphatic heterocycles. The molecule has 0 spiro atoms. The predicted molar refractivity (Wildman–Crippen MR) is 48.7 cm³/mol. The van der Waals surface area contributed by atoms with E-state index >= 15 is 0 Å². The highest BCUT2D eigenvalue weighted by atomic mass is 19.3. The average molecular weight is 205 g/mol. The third-order valence-corrected chi connectivity index (χ3v) is 1.53. The highest BCUT2D eigenvalue weighted by Gasteiger charge is 2.16. The first-order valence-electron chi connectivity index (χ1n) is 4.11. The molecule has 0 aromatic heterocycles. The van der Waals surface area contributed by atoms with Crippen LogP contribution in [0, 0.1) is 0 Å². The SMILES string of the molecule is C=CC(=C(F)F)[C@@H](N)CC(=O)OCC. The number of hydrogen-bond donors (Lipinski definition) is 1. The zero-order valence-electron chi connectivity index (χ0n) is 7.93. The summed E-state index contributed by atoms with van der Waals surface area (Å²) in [5.74, 6) is -0.597. The summed E-state index contributed by atoms with van der Waals surface area (Å²) in [7, 11) is 0. The van der Waals surface area contributed by atoms with Gasteiger partial charge in [0.1, 0.15) is 0 Å². The van der Waals surface area contributed by atoms with Crippen molar-refractivity contribution in [2.45, 2.75) is 19.4 Å². The van der Waals surface area contributed by atoms with Crippen LogP contribution in [0.4, 0.5) is 8.78 Å². The van der Waals surface area contributed by atoms with Crippen LogP contribution in [0.1, 0.15) is 13.3 Å². The van der Waals surface area contributed by atoms with Gasteiger partial charge in [-0.1, -0.05) is 12.7 Å².